The van der Waals surface area contributed by atoms with Crippen LogP contribution in [0.2, 0.25) is 0 Å². The predicted octanol–water partition coefficient (Wildman–Crippen LogP) is 2.84. The van der Waals surface area contributed by atoms with Crippen molar-refractivity contribution < 1.29 is 4.39 Å². The minimum atomic E-state index is -0.485. The van der Waals surface area contributed by atoms with Gasteiger partial charge in [-0.1, -0.05) is 6.07 Å². The molecule has 0 radical (unpaired) electrons. The van der Waals surface area contributed by atoms with E-state index in [9.17, 15) is 9.18 Å². The predicted molar refractivity (Wildman–Crippen MR) is 131 cm³/mol. The second-order valence-corrected chi connectivity index (χ2v) is 8.65. The van der Waals surface area contributed by atoms with Crippen molar-refractivity contribution in [3.63, 3.8) is 0 Å². The summed E-state index contributed by atoms with van der Waals surface area (Å²) in [6.07, 6.45) is 1.06. The molecular formula is C24H28FN7O. The van der Waals surface area contributed by atoms with Gasteiger partial charge in [0.1, 0.15) is 17.2 Å². The van der Waals surface area contributed by atoms with Crippen LogP contribution >= 0.6 is 0 Å². The van der Waals surface area contributed by atoms with E-state index in [-0.39, 0.29) is 16.6 Å². The summed E-state index contributed by atoms with van der Waals surface area (Å²) in [4.78, 5) is 28.0. The van der Waals surface area contributed by atoms with Gasteiger partial charge in [-0.2, -0.15) is 0 Å². The number of nitrogens with zero attached hydrogens (tertiary/aromatic N) is 3. The normalized spacial score (nSPS) is 15.5. The molecule has 0 bridgehead atoms. The maximum absolute atomic E-state index is 14.4. The third-order valence-electron chi connectivity index (χ3n) is 6.32. The molecule has 0 amide bonds. The van der Waals surface area contributed by atoms with Gasteiger partial charge >= 0.3 is 0 Å². The van der Waals surface area contributed by atoms with Crippen LogP contribution in [0.1, 0.15) is 6.42 Å². The van der Waals surface area contributed by atoms with E-state index in [0.29, 0.717) is 16.9 Å². The summed E-state index contributed by atoms with van der Waals surface area (Å²) >= 11 is 0. The fourth-order valence-electron chi connectivity index (χ4n) is 4.41. The fourth-order valence-corrected chi connectivity index (χ4v) is 4.41. The van der Waals surface area contributed by atoms with Crippen LogP contribution in [0.3, 0.4) is 0 Å². The minimum absolute atomic E-state index is 0.0770. The first-order valence-corrected chi connectivity index (χ1v) is 11.2. The summed E-state index contributed by atoms with van der Waals surface area (Å²) in [5.74, 6) is -0.164. The molecule has 172 valence electrons. The Bertz CT molecular complexity index is 1350. The molecule has 0 saturated carbocycles. The lowest BCUT2D eigenvalue weighted by Crippen LogP contribution is -2.44. The van der Waals surface area contributed by atoms with Gasteiger partial charge in [0.2, 0.25) is 0 Å². The van der Waals surface area contributed by atoms with Crippen molar-refractivity contribution in [3.05, 3.63) is 52.6 Å². The SMILES string of the molecule is CN1CCN(CCCNc2ccc3nc(-c4c(N)c5c(F)cccc5[nH]c4=O)[nH]c3c2)CC1. The molecule has 2 aromatic carbocycles. The molecule has 5 rings (SSSR count). The number of piperazine rings is 1. The molecule has 1 fully saturated rings. The largest absolute Gasteiger partial charge is 0.397 e. The summed E-state index contributed by atoms with van der Waals surface area (Å²) in [7, 11) is 2.17. The van der Waals surface area contributed by atoms with E-state index in [1.54, 1.807) is 6.07 Å². The molecule has 3 heterocycles. The highest BCUT2D eigenvalue weighted by Crippen LogP contribution is 2.30. The van der Waals surface area contributed by atoms with E-state index >= 15 is 0 Å². The topological polar surface area (TPSA) is 106 Å². The van der Waals surface area contributed by atoms with E-state index in [0.717, 1.165) is 56.9 Å². The number of likely N-dealkylation sites (N-methyl/N-ethyl adjacent to an activating group) is 1. The lowest BCUT2D eigenvalue weighted by atomic mass is 10.1. The summed E-state index contributed by atoms with van der Waals surface area (Å²) in [5.41, 5.74) is 8.85. The van der Waals surface area contributed by atoms with Crippen LogP contribution in [0.25, 0.3) is 33.3 Å². The molecule has 4 aromatic rings. The Morgan fingerprint density at radius 1 is 1.12 bits per heavy atom. The number of rotatable bonds is 6. The zero-order chi connectivity index (χ0) is 22.9. The highest BCUT2D eigenvalue weighted by molar-refractivity contribution is 5.98. The van der Waals surface area contributed by atoms with Crippen LogP contribution in [-0.4, -0.2) is 71.1 Å². The summed E-state index contributed by atoms with van der Waals surface area (Å²) in [5, 5.41) is 3.65. The molecule has 1 saturated heterocycles. The van der Waals surface area contributed by atoms with Gasteiger partial charge in [0, 0.05) is 38.4 Å². The number of aromatic amines is 2. The highest BCUT2D eigenvalue weighted by atomic mass is 19.1. The monoisotopic (exact) mass is 449 g/mol. The number of hydrogen-bond acceptors (Lipinski definition) is 6. The molecular weight excluding hydrogens is 421 g/mol. The van der Waals surface area contributed by atoms with Crippen molar-refractivity contribution in [3.8, 4) is 11.4 Å². The van der Waals surface area contributed by atoms with Gasteiger partial charge in [0.25, 0.3) is 5.56 Å². The van der Waals surface area contributed by atoms with E-state index in [1.807, 2.05) is 18.2 Å². The van der Waals surface area contributed by atoms with Gasteiger partial charge in [0.15, 0.2) is 0 Å². The number of nitrogens with one attached hydrogen (secondary N) is 3. The van der Waals surface area contributed by atoms with Gasteiger partial charge in [-0.25, -0.2) is 9.37 Å². The lowest BCUT2D eigenvalue weighted by molar-refractivity contribution is 0.154. The summed E-state index contributed by atoms with van der Waals surface area (Å²) in [6, 6.07) is 10.3. The molecule has 0 aliphatic carbocycles. The maximum atomic E-state index is 14.4. The Labute approximate surface area is 190 Å². The number of benzene rings is 2. The molecule has 1 aliphatic heterocycles. The van der Waals surface area contributed by atoms with E-state index < -0.39 is 11.4 Å². The van der Waals surface area contributed by atoms with Crippen LogP contribution in [0.15, 0.2) is 41.2 Å². The van der Waals surface area contributed by atoms with Crippen LogP contribution in [0.5, 0.6) is 0 Å². The number of anilines is 2. The smallest absolute Gasteiger partial charge is 0.261 e. The van der Waals surface area contributed by atoms with Crippen LogP contribution < -0.4 is 16.6 Å². The third-order valence-corrected chi connectivity index (χ3v) is 6.32. The number of pyridine rings is 1. The van der Waals surface area contributed by atoms with E-state index in [2.05, 4.69) is 37.1 Å². The Hall–Kier alpha value is -3.43. The summed E-state index contributed by atoms with van der Waals surface area (Å²) < 4.78 is 14.4. The molecule has 8 nitrogen and oxygen atoms in total. The van der Waals surface area contributed by atoms with Crippen molar-refractivity contribution in [2.45, 2.75) is 6.42 Å². The Morgan fingerprint density at radius 2 is 1.94 bits per heavy atom. The van der Waals surface area contributed by atoms with Crippen LogP contribution in [-0.2, 0) is 0 Å². The van der Waals surface area contributed by atoms with Crippen molar-refractivity contribution in [1.29, 1.82) is 0 Å². The maximum Gasteiger partial charge on any atom is 0.261 e. The van der Waals surface area contributed by atoms with Crippen LogP contribution in [0.4, 0.5) is 15.8 Å². The van der Waals surface area contributed by atoms with Gasteiger partial charge in [0.05, 0.1) is 27.6 Å². The number of aromatic nitrogens is 3. The first-order valence-electron chi connectivity index (χ1n) is 11.2. The molecule has 0 atom stereocenters. The minimum Gasteiger partial charge on any atom is -0.397 e. The number of H-pyrrole nitrogens is 2. The second kappa shape index (κ2) is 8.84. The third kappa shape index (κ3) is 4.29. The van der Waals surface area contributed by atoms with Crippen molar-refractivity contribution in [2.75, 3.05) is 57.4 Å². The molecule has 9 heteroatoms. The standard InChI is InChI=1S/C24H28FN7O/c1-31-10-12-32(13-11-31)9-3-8-27-15-6-7-17-19(14-15)29-23(28-17)21-22(26)20-16(25)4-2-5-18(20)30-24(21)33/h2,4-7,14,27H,3,8-13H2,1H3,(H,28,29)(H3,26,30,33). The molecule has 5 N–H and O–H groups in total. The zero-order valence-corrected chi connectivity index (χ0v) is 18.6. The highest BCUT2D eigenvalue weighted by Gasteiger charge is 2.18. The number of nitrogens with two attached hydrogens (primary N) is 1. The Balaban J connectivity index is 1.33. The number of nitrogen functional groups attached to an aromatic ring is 1. The Kier molecular flexibility index (Phi) is 5.74. The van der Waals surface area contributed by atoms with Gasteiger partial charge in [-0.05, 0) is 50.3 Å². The average molecular weight is 450 g/mol. The number of hydrogen-bond donors (Lipinski definition) is 4. The Morgan fingerprint density at radius 3 is 2.76 bits per heavy atom. The van der Waals surface area contributed by atoms with Crippen molar-refractivity contribution in [2.24, 2.45) is 0 Å². The molecule has 0 spiro atoms. The van der Waals surface area contributed by atoms with Crippen LogP contribution in [0, 0.1) is 5.82 Å². The number of imidazole rings is 1. The van der Waals surface area contributed by atoms with Crippen molar-refractivity contribution in [1.82, 2.24) is 24.8 Å². The van der Waals surface area contributed by atoms with Gasteiger partial charge < -0.3 is 30.8 Å². The molecule has 2 aromatic heterocycles. The quantitative estimate of drug-likeness (QED) is 0.337. The first-order chi connectivity index (χ1) is 16.0. The molecule has 1 aliphatic rings. The average Bonchev–Trinajstić information content (AvgIpc) is 3.20. The molecule has 0 unspecified atom stereocenters. The number of halogens is 1. The second-order valence-electron chi connectivity index (χ2n) is 8.65. The van der Waals surface area contributed by atoms with E-state index in [4.69, 9.17) is 5.73 Å². The lowest BCUT2D eigenvalue weighted by Gasteiger charge is -2.32. The van der Waals surface area contributed by atoms with Gasteiger partial charge in [-0.3, -0.25) is 4.79 Å². The first kappa shape index (κ1) is 21.4. The van der Waals surface area contributed by atoms with Crippen molar-refractivity contribution >= 4 is 33.3 Å². The zero-order valence-electron chi connectivity index (χ0n) is 18.6. The van der Waals surface area contributed by atoms with Gasteiger partial charge in [-0.15, -0.1) is 0 Å². The fraction of sp³-hybridized carbons (Fsp3) is 0.333. The summed E-state index contributed by atoms with van der Waals surface area (Å²) in [6.45, 7) is 6.46. The number of fused-ring (bicyclic) bond motifs is 2. The molecule has 33 heavy (non-hydrogen) atoms. The van der Waals surface area contributed by atoms with E-state index in [1.165, 1.54) is 12.1 Å².